The van der Waals surface area contributed by atoms with Crippen LogP contribution in [0.4, 0.5) is 0 Å². The Morgan fingerprint density at radius 2 is 1.72 bits per heavy atom. The molecule has 0 aromatic heterocycles. The average Bonchev–Trinajstić information content (AvgIpc) is 2.61. The highest BCUT2D eigenvalue weighted by Gasteiger charge is 2.41. The Hall–Kier alpha value is -0.120. The number of rotatable bonds is 6. The first-order valence-electron chi connectivity index (χ1n) is 7.46. The van der Waals surface area contributed by atoms with E-state index in [-0.39, 0.29) is 11.6 Å². The molecule has 2 unspecified atom stereocenters. The summed E-state index contributed by atoms with van der Waals surface area (Å²) in [6.45, 7) is 3.10. The normalized spacial score (nSPS) is 23.7. The summed E-state index contributed by atoms with van der Waals surface area (Å²) in [5, 5.41) is 0. The Kier molecular flexibility index (Phi) is 6.61. The maximum Gasteiger partial charge on any atom is 0.0465 e. The third kappa shape index (κ3) is 3.69. The van der Waals surface area contributed by atoms with Gasteiger partial charge in [-0.2, -0.15) is 0 Å². The molecule has 0 aromatic carbocycles. The van der Waals surface area contributed by atoms with Crippen LogP contribution < -0.4 is 5.73 Å². The summed E-state index contributed by atoms with van der Waals surface area (Å²) < 4.78 is 5.20. The lowest BCUT2D eigenvalue weighted by Crippen LogP contribution is -2.59. The highest BCUT2D eigenvalue weighted by molar-refractivity contribution is 5.00. The molecule has 3 heteroatoms. The molecule has 18 heavy (non-hydrogen) atoms. The van der Waals surface area contributed by atoms with E-state index in [4.69, 9.17) is 10.5 Å². The summed E-state index contributed by atoms with van der Waals surface area (Å²) in [4.78, 5) is 2.40. The van der Waals surface area contributed by atoms with E-state index in [1.165, 1.54) is 38.5 Å². The molecule has 1 fully saturated rings. The molecule has 0 radical (unpaired) electrons. The molecule has 1 aliphatic carbocycles. The van der Waals surface area contributed by atoms with Crippen molar-refractivity contribution >= 4 is 0 Å². The number of nitrogens with two attached hydrogens (primary N) is 1. The van der Waals surface area contributed by atoms with Crippen molar-refractivity contribution in [2.75, 3.05) is 27.8 Å². The van der Waals surface area contributed by atoms with Gasteiger partial charge >= 0.3 is 0 Å². The van der Waals surface area contributed by atoms with Crippen LogP contribution in [0.3, 0.4) is 0 Å². The van der Waals surface area contributed by atoms with Gasteiger partial charge < -0.3 is 15.4 Å². The summed E-state index contributed by atoms with van der Waals surface area (Å²) in [6, 6.07) is 0.251. The molecule has 3 nitrogen and oxygen atoms in total. The van der Waals surface area contributed by atoms with Crippen LogP contribution in [0.1, 0.15) is 51.9 Å². The van der Waals surface area contributed by atoms with Gasteiger partial charge in [-0.25, -0.2) is 0 Å². The Labute approximate surface area is 113 Å². The third-order valence-corrected chi connectivity index (χ3v) is 4.87. The van der Waals surface area contributed by atoms with Crippen molar-refractivity contribution in [1.29, 1.82) is 0 Å². The second-order valence-corrected chi connectivity index (χ2v) is 6.20. The minimum absolute atomic E-state index is 0.198. The van der Waals surface area contributed by atoms with Crippen LogP contribution in [0.5, 0.6) is 0 Å². The Balaban J connectivity index is 2.75. The predicted octanol–water partition coefficient (Wildman–Crippen LogP) is 2.64. The van der Waals surface area contributed by atoms with Gasteiger partial charge in [-0.1, -0.05) is 32.6 Å². The van der Waals surface area contributed by atoms with Crippen molar-refractivity contribution in [1.82, 2.24) is 4.90 Å². The molecule has 1 aliphatic rings. The van der Waals surface area contributed by atoms with Gasteiger partial charge in [0.25, 0.3) is 0 Å². The Morgan fingerprint density at radius 1 is 1.17 bits per heavy atom. The molecule has 108 valence electrons. The van der Waals surface area contributed by atoms with Gasteiger partial charge in [-0.15, -0.1) is 0 Å². The third-order valence-electron chi connectivity index (χ3n) is 4.87. The first kappa shape index (κ1) is 15.9. The van der Waals surface area contributed by atoms with E-state index in [0.717, 1.165) is 13.0 Å². The number of hydrogen-bond acceptors (Lipinski definition) is 3. The molecule has 0 amide bonds. The average molecular weight is 256 g/mol. The fraction of sp³-hybridized carbons (Fsp3) is 1.00. The number of likely N-dealkylation sites (N-methyl/N-ethyl adjacent to an activating group) is 1. The summed E-state index contributed by atoms with van der Waals surface area (Å²) >= 11 is 0. The molecule has 0 aromatic rings. The molecular weight excluding hydrogens is 224 g/mol. The van der Waals surface area contributed by atoms with Crippen LogP contribution in [0, 0.1) is 5.92 Å². The molecule has 0 spiro atoms. The second-order valence-electron chi connectivity index (χ2n) is 6.20. The first-order valence-corrected chi connectivity index (χ1v) is 7.46. The van der Waals surface area contributed by atoms with Gasteiger partial charge in [-0.3, -0.25) is 0 Å². The number of methoxy groups -OCH3 is 1. The molecule has 1 saturated carbocycles. The lowest BCUT2D eigenvalue weighted by atomic mass is 9.75. The van der Waals surface area contributed by atoms with Gasteiger partial charge in [0.2, 0.25) is 0 Å². The summed E-state index contributed by atoms with van der Waals surface area (Å²) in [7, 11) is 6.17. The zero-order valence-electron chi connectivity index (χ0n) is 12.7. The fourth-order valence-electron chi connectivity index (χ4n) is 3.43. The van der Waals surface area contributed by atoms with Crippen molar-refractivity contribution < 1.29 is 4.74 Å². The standard InChI is InChI=1S/C15H32N2O/c1-13(9-12-18-4)14(16)15(17(2)3)10-7-5-6-8-11-15/h13-14H,5-12,16H2,1-4H3. The Bertz CT molecular complexity index is 223. The van der Waals surface area contributed by atoms with Crippen LogP contribution >= 0.6 is 0 Å². The number of ether oxygens (including phenoxy) is 1. The molecule has 2 atom stereocenters. The zero-order chi connectivity index (χ0) is 13.6. The molecular formula is C15H32N2O. The van der Waals surface area contributed by atoms with Crippen molar-refractivity contribution in [2.45, 2.75) is 63.5 Å². The quantitative estimate of drug-likeness (QED) is 0.743. The minimum Gasteiger partial charge on any atom is -0.385 e. The maximum atomic E-state index is 6.64. The van der Waals surface area contributed by atoms with E-state index in [1.807, 2.05) is 0 Å². The highest BCUT2D eigenvalue weighted by atomic mass is 16.5. The number of nitrogens with zero attached hydrogens (tertiary/aromatic N) is 1. The van der Waals surface area contributed by atoms with Crippen LogP contribution in [-0.4, -0.2) is 44.3 Å². The molecule has 1 rings (SSSR count). The molecule has 0 heterocycles. The molecule has 0 saturated heterocycles. The maximum absolute atomic E-state index is 6.64. The van der Waals surface area contributed by atoms with E-state index in [2.05, 4.69) is 25.9 Å². The minimum atomic E-state index is 0.198. The van der Waals surface area contributed by atoms with Crippen LogP contribution in [0.15, 0.2) is 0 Å². The van der Waals surface area contributed by atoms with Crippen molar-refractivity contribution in [3.63, 3.8) is 0 Å². The van der Waals surface area contributed by atoms with Gasteiger partial charge in [0.15, 0.2) is 0 Å². The van der Waals surface area contributed by atoms with Crippen LogP contribution in [0.25, 0.3) is 0 Å². The van der Waals surface area contributed by atoms with E-state index < -0.39 is 0 Å². The lowest BCUT2D eigenvalue weighted by molar-refractivity contribution is 0.0645. The van der Waals surface area contributed by atoms with Crippen molar-refractivity contribution in [3.05, 3.63) is 0 Å². The predicted molar refractivity (Wildman–Crippen MR) is 77.8 cm³/mol. The second kappa shape index (κ2) is 7.46. The fourth-order valence-corrected chi connectivity index (χ4v) is 3.43. The largest absolute Gasteiger partial charge is 0.385 e. The van der Waals surface area contributed by atoms with Crippen LogP contribution in [0.2, 0.25) is 0 Å². The smallest absolute Gasteiger partial charge is 0.0465 e. The summed E-state index contributed by atoms with van der Waals surface area (Å²) in [6.07, 6.45) is 8.94. The van der Waals surface area contributed by atoms with Crippen LogP contribution in [-0.2, 0) is 4.74 Å². The Morgan fingerprint density at radius 3 is 2.17 bits per heavy atom. The van der Waals surface area contributed by atoms with Gasteiger partial charge in [0, 0.05) is 25.3 Å². The van der Waals surface area contributed by atoms with Gasteiger partial charge in [0.1, 0.15) is 0 Å². The topological polar surface area (TPSA) is 38.5 Å². The monoisotopic (exact) mass is 256 g/mol. The molecule has 0 aliphatic heterocycles. The van der Waals surface area contributed by atoms with Gasteiger partial charge in [-0.05, 0) is 39.3 Å². The molecule has 2 N–H and O–H groups in total. The zero-order valence-corrected chi connectivity index (χ0v) is 12.7. The van der Waals surface area contributed by atoms with E-state index in [0.29, 0.717) is 5.92 Å². The SMILES string of the molecule is COCCC(C)C(N)C1(N(C)C)CCCCCC1. The van der Waals surface area contributed by atoms with E-state index >= 15 is 0 Å². The van der Waals surface area contributed by atoms with Crippen molar-refractivity contribution in [2.24, 2.45) is 11.7 Å². The van der Waals surface area contributed by atoms with E-state index in [9.17, 15) is 0 Å². The highest BCUT2D eigenvalue weighted by Crippen LogP contribution is 2.36. The van der Waals surface area contributed by atoms with Gasteiger partial charge in [0.05, 0.1) is 0 Å². The van der Waals surface area contributed by atoms with Crippen molar-refractivity contribution in [3.8, 4) is 0 Å². The van der Waals surface area contributed by atoms with E-state index in [1.54, 1.807) is 7.11 Å². The summed E-state index contributed by atoms with van der Waals surface area (Å²) in [5.74, 6) is 0.519. The first-order chi connectivity index (χ1) is 8.54. The number of hydrogen-bond donors (Lipinski definition) is 1. The summed E-state index contributed by atoms with van der Waals surface area (Å²) in [5.41, 5.74) is 6.84. The lowest BCUT2D eigenvalue weighted by Gasteiger charge is -2.46. The molecule has 0 bridgehead atoms.